The quantitative estimate of drug-likeness (QED) is 0.584. The molecule has 29 heavy (non-hydrogen) atoms. The number of urea groups is 1. The Balaban J connectivity index is 1.83. The van der Waals surface area contributed by atoms with Crippen LogP contribution in [0.25, 0.3) is 0 Å². The van der Waals surface area contributed by atoms with Gasteiger partial charge in [-0.1, -0.05) is 61.2 Å². The summed E-state index contributed by atoms with van der Waals surface area (Å²) in [6.45, 7) is 8.62. The number of hydrogen-bond donors (Lipinski definition) is 1. The van der Waals surface area contributed by atoms with Crippen molar-refractivity contribution < 1.29 is 18.0 Å². The summed E-state index contributed by atoms with van der Waals surface area (Å²) >= 11 is 0. The number of benzene rings is 2. The van der Waals surface area contributed by atoms with Gasteiger partial charge in [0.2, 0.25) is 0 Å². The molecule has 3 rings (SSSR count). The third-order valence-electron chi connectivity index (χ3n) is 5.30. The van der Waals surface area contributed by atoms with E-state index in [-0.39, 0.29) is 17.3 Å². The zero-order chi connectivity index (χ0) is 21.6. The molecule has 1 aliphatic heterocycles. The topological polar surface area (TPSA) is 83.6 Å². The summed E-state index contributed by atoms with van der Waals surface area (Å²) in [5.41, 5.74) is 0.192. The third kappa shape index (κ3) is 4.13. The highest BCUT2D eigenvalue weighted by Crippen LogP contribution is 2.30. The molecular formula is C21H26N2O4SSi. The SMILES string of the molecule is CC1(c2ccc(S(C)(=O)=O)cc2)NC(=O)N(Cc2ccc([Si](C)(C)C)cc2)C1=O. The molecule has 0 aromatic heterocycles. The first-order valence-electron chi connectivity index (χ1n) is 9.36. The Morgan fingerprint density at radius 2 is 1.52 bits per heavy atom. The molecule has 1 aliphatic rings. The highest BCUT2D eigenvalue weighted by atomic mass is 32.2. The second-order valence-electron chi connectivity index (χ2n) is 8.69. The van der Waals surface area contributed by atoms with Gasteiger partial charge in [0.1, 0.15) is 5.54 Å². The van der Waals surface area contributed by atoms with Gasteiger partial charge in [0.15, 0.2) is 9.84 Å². The van der Waals surface area contributed by atoms with Gasteiger partial charge in [-0.05, 0) is 30.2 Å². The normalized spacial score (nSPS) is 20.1. The molecule has 0 bridgehead atoms. The van der Waals surface area contributed by atoms with Crippen LogP contribution in [0.1, 0.15) is 18.1 Å². The fourth-order valence-corrected chi connectivity index (χ4v) is 5.16. The maximum Gasteiger partial charge on any atom is 0.325 e. The lowest BCUT2D eigenvalue weighted by atomic mass is 9.92. The first kappa shape index (κ1) is 21.3. The molecule has 3 amide bonds. The molecule has 6 nitrogen and oxygen atoms in total. The van der Waals surface area contributed by atoms with Crippen LogP contribution in [0.2, 0.25) is 19.6 Å². The number of nitrogens with zero attached hydrogens (tertiary/aromatic N) is 1. The van der Waals surface area contributed by atoms with Crippen molar-refractivity contribution in [3.63, 3.8) is 0 Å². The van der Waals surface area contributed by atoms with Gasteiger partial charge in [-0.25, -0.2) is 13.2 Å². The van der Waals surface area contributed by atoms with Crippen molar-refractivity contribution in [3.8, 4) is 0 Å². The summed E-state index contributed by atoms with van der Waals surface area (Å²) in [6.07, 6.45) is 1.13. The summed E-state index contributed by atoms with van der Waals surface area (Å²) in [5, 5.41) is 4.07. The second kappa shape index (κ2) is 7.10. The predicted molar refractivity (Wildman–Crippen MR) is 115 cm³/mol. The second-order valence-corrected chi connectivity index (χ2v) is 15.8. The van der Waals surface area contributed by atoms with E-state index in [9.17, 15) is 18.0 Å². The third-order valence-corrected chi connectivity index (χ3v) is 8.49. The van der Waals surface area contributed by atoms with Gasteiger partial charge in [-0.2, -0.15) is 0 Å². The maximum absolute atomic E-state index is 13.1. The Kier molecular flexibility index (Phi) is 5.21. The Morgan fingerprint density at radius 1 is 0.966 bits per heavy atom. The molecule has 2 aromatic carbocycles. The molecule has 0 spiro atoms. The summed E-state index contributed by atoms with van der Waals surface area (Å²) < 4.78 is 23.3. The zero-order valence-electron chi connectivity index (χ0n) is 17.3. The minimum atomic E-state index is -3.33. The average molecular weight is 431 g/mol. The lowest BCUT2D eigenvalue weighted by Crippen LogP contribution is -2.40. The highest BCUT2D eigenvalue weighted by Gasteiger charge is 2.48. The van der Waals surface area contributed by atoms with Crippen LogP contribution >= 0.6 is 0 Å². The minimum absolute atomic E-state index is 0.168. The largest absolute Gasteiger partial charge is 0.325 e. The van der Waals surface area contributed by atoms with E-state index < -0.39 is 29.5 Å². The van der Waals surface area contributed by atoms with Crippen LogP contribution < -0.4 is 10.5 Å². The molecule has 0 radical (unpaired) electrons. The first-order valence-corrected chi connectivity index (χ1v) is 14.8. The number of amides is 3. The molecule has 0 saturated carbocycles. The van der Waals surface area contributed by atoms with Crippen LogP contribution in [0.5, 0.6) is 0 Å². The predicted octanol–water partition coefficient (Wildman–Crippen LogP) is 2.60. The molecular weight excluding hydrogens is 404 g/mol. The molecule has 1 unspecified atom stereocenters. The lowest BCUT2D eigenvalue weighted by molar-refractivity contribution is -0.131. The molecule has 1 atom stereocenters. The Bertz CT molecular complexity index is 1060. The van der Waals surface area contributed by atoms with Gasteiger partial charge in [-0.3, -0.25) is 9.69 Å². The average Bonchev–Trinajstić information content (AvgIpc) is 2.85. The van der Waals surface area contributed by atoms with Crippen molar-refractivity contribution >= 4 is 35.0 Å². The van der Waals surface area contributed by atoms with E-state index in [1.807, 2.05) is 12.1 Å². The van der Waals surface area contributed by atoms with E-state index in [4.69, 9.17) is 0 Å². The summed E-state index contributed by atoms with van der Waals surface area (Å²) in [7, 11) is -4.75. The van der Waals surface area contributed by atoms with Crippen molar-refractivity contribution in [2.45, 2.75) is 43.5 Å². The van der Waals surface area contributed by atoms with E-state index >= 15 is 0 Å². The molecule has 0 aliphatic carbocycles. The van der Waals surface area contributed by atoms with Crippen LogP contribution in [0.15, 0.2) is 53.4 Å². The molecule has 1 fully saturated rings. The van der Waals surface area contributed by atoms with Crippen molar-refractivity contribution in [1.29, 1.82) is 0 Å². The molecule has 1 N–H and O–H groups in total. The van der Waals surface area contributed by atoms with Crippen LogP contribution in [0.3, 0.4) is 0 Å². The van der Waals surface area contributed by atoms with Gasteiger partial charge < -0.3 is 5.32 Å². The Labute approximate surface area is 172 Å². The number of imide groups is 1. The van der Waals surface area contributed by atoms with E-state index in [1.165, 1.54) is 22.2 Å². The van der Waals surface area contributed by atoms with Crippen molar-refractivity contribution in [1.82, 2.24) is 10.2 Å². The number of rotatable bonds is 5. The van der Waals surface area contributed by atoms with Crippen LogP contribution in [-0.4, -0.2) is 39.6 Å². The number of hydrogen-bond acceptors (Lipinski definition) is 4. The van der Waals surface area contributed by atoms with Crippen molar-refractivity contribution in [3.05, 3.63) is 59.7 Å². The summed E-state index contributed by atoms with van der Waals surface area (Å²) in [5.74, 6) is -0.358. The molecule has 2 aromatic rings. The first-order chi connectivity index (χ1) is 13.3. The van der Waals surface area contributed by atoms with Gasteiger partial charge >= 0.3 is 6.03 Å². The number of carbonyl (C=O) groups is 2. The number of sulfone groups is 1. The van der Waals surface area contributed by atoms with E-state index in [0.29, 0.717) is 5.56 Å². The monoisotopic (exact) mass is 430 g/mol. The molecule has 154 valence electrons. The fourth-order valence-electron chi connectivity index (χ4n) is 3.36. The van der Waals surface area contributed by atoms with E-state index in [1.54, 1.807) is 19.1 Å². The summed E-state index contributed by atoms with van der Waals surface area (Å²) in [6, 6.07) is 13.7. The number of nitrogens with one attached hydrogen (secondary N) is 1. The van der Waals surface area contributed by atoms with E-state index in [2.05, 4.69) is 37.1 Å². The maximum atomic E-state index is 13.1. The van der Waals surface area contributed by atoms with Gasteiger partial charge in [0.05, 0.1) is 19.5 Å². The van der Waals surface area contributed by atoms with Crippen LogP contribution in [0.4, 0.5) is 4.79 Å². The smallest absolute Gasteiger partial charge is 0.319 e. The Hall–Kier alpha value is -2.45. The van der Waals surface area contributed by atoms with Gasteiger partial charge in [0, 0.05) is 6.26 Å². The molecule has 8 heteroatoms. The standard InChI is InChI=1S/C21H26N2O4SSi/c1-21(16-8-10-17(11-9-16)28(2,26)27)19(24)23(20(25)22-21)14-15-6-12-18(13-7-15)29(3,4)5/h6-13H,14H2,1-5H3,(H,22,25). The van der Waals surface area contributed by atoms with E-state index in [0.717, 1.165) is 11.8 Å². The summed E-state index contributed by atoms with van der Waals surface area (Å²) in [4.78, 5) is 27.0. The highest BCUT2D eigenvalue weighted by molar-refractivity contribution is 7.90. The van der Waals surface area contributed by atoms with Crippen LogP contribution in [-0.2, 0) is 26.7 Å². The minimum Gasteiger partial charge on any atom is -0.319 e. The Morgan fingerprint density at radius 3 is 2.00 bits per heavy atom. The number of carbonyl (C=O) groups excluding carboxylic acids is 2. The van der Waals surface area contributed by atoms with Gasteiger partial charge in [-0.15, -0.1) is 0 Å². The van der Waals surface area contributed by atoms with Crippen molar-refractivity contribution in [2.75, 3.05) is 6.26 Å². The molecule has 1 saturated heterocycles. The lowest BCUT2D eigenvalue weighted by Gasteiger charge is -2.22. The van der Waals surface area contributed by atoms with Gasteiger partial charge in [0.25, 0.3) is 5.91 Å². The molecule has 1 heterocycles. The van der Waals surface area contributed by atoms with Crippen molar-refractivity contribution in [2.24, 2.45) is 0 Å². The fraction of sp³-hybridized carbons (Fsp3) is 0.333. The van der Waals surface area contributed by atoms with Crippen LogP contribution in [0, 0.1) is 0 Å². The zero-order valence-corrected chi connectivity index (χ0v) is 19.1.